The van der Waals surface area contributed by atoms with Gasteiger partial charge in [0, 0.05) is 35.8 Å². The van der Waals surface area contributed by atoms with Gasteiger partial charge in [0.05, 0.1) is 18.8 Å². The number of aromatic nitrogens is 2. The number of hydrogen-bond acceptors (Lipinski definition) is 4. The molecule has 136 valence electrons. The van der Waals surface area contributed by atoms with Crippen LogP contribution in [0, 0.1) is 20.8 Å². The SMILES string of the molecule is COc1ccc2c(C)c(C(=O)N3CCC(n4nc(C)cc4C)C3)oc2c1. The van der Waals surface area contributed by atoms with Crippen LogP contribution in [0.5, 0.6) is 5.75 Å². The highest BCUT2D eigenvalue weighted by atomic mass is 16.5. The summed E-state index contributed by atoms with van der Waals surface area (Å²) in [5.74, 6) is 1.08. The summed E-state index contributed by atoms with van der Waals surface area (Å²) in [6.45, 7) is 7.34. The molecule has 0 radical (unpaired) electrons. The normalized spacial score (nSPS) is 17.2. The Bertz CT molecular complexity index is 986. The smallest absolute Gasteiger partial charge is 0.289 e. The first-order valence-corrected chi connectivity index (χ1v) is 8.87. The molecular formula is C20H23N3O3. The molecule has 2 aromatic heterocycles. The Morgan fingerprint density at radius 3 is 2.77 bits per heavy atom. The Balaban J connectivity index is 1.59. The van der Waals surface area contributed by atoms with Gasteiger partial charge in [-0.25, -0.2) is 0 Å². The van der Waals surface area contributed by atoms with Crippen molar-refractivity contribution in [3.05, 3.63) is 47.0 Å². The van der Waals surface area contributed by atoms with Crippen molar-refractivity contribution in [2.75, 3.05) is 20.2 Å². The van der Waals surface area contributed by atoms with Gasteiger partial charge < -0.3 is 14.1 Å². The van der Waals surface area contributed by atoms with Crippen LogP contribution >= 0.6 is 0 Å². The maximum absolute atomic E-state index is 13.0. The first kappa shape index (κ1) is 16.7. The summed E-state index contributed by atoms with van der Waals surface area (Å²) in [5.41, 5.74) is 3.70. The van der Waals surface area contributed by atoms with Crippen molar-refractivity contribution in [1.82, 2.24) is 14.7 Å². The molecule has 1 aliphatic rings. The summed E-state index contributed by atoms with van der Waals surface area (Å²) in [7, 11) is 1.62. The van der Waals surface area contributed by atoms with Gasteiger partial charge in [0.2, 0.25) is 0 Å². The van der Waals surface area contributed by atoms with Crippen LogP contribution in [-0.4, -0.2) is 40.8 Å². The van der Waals surface area contributed by atoms with E-state index in [-0.39, 0.29) is 11.9 Å². The summed E-state index contributed by atoms with van der Waals surface area (Å²) in [6, 6.07) is 7.93. The second kappa shape index (κ2) is 6.20. The minimum atomic E-state index is -0.0540. The molecule has 0 aliphatic carbocycles. The first-order chi connectivity index (χ1) is 12.5. The lowest BCUT2D eigenvalue weighted by atomic mass is 10.1. The van der Waals surface area contributed by atoms with Gasteiger partial charge in [0.25, 0.3) is 5.91 Å². The Labute approximate surface area is 152 Å². The largest absolute Gasteiger partial charge is 0.497 e. The summed E-state index contributed by atoms with van der Waals surface area (Å²) < 4.78 is 13.2. The number of nitrogens with zero attached hydrogens (tertiary/aromatic N) is 3. The zero-order valence-electron chi connectivity index (χ0n) is 15.6. The van der Waals surface area contributed by atoms with E-state index < -0.39 is 0 Å². The molecule has 1 saturated heterocycles. The predicted octanol–water partition coefficient (Wildman–Crippen LogP) is 3.65. The van der Waals surface area contributed by atoms with Gasteiger partial charge in [-0.05, 0) is 45.4 Å². The van der Waals surface area contributed by atoms with Crippen molar-refractivity contribution in [2.24, 2.45) is 0 Å². The van der Waals surface area contributed by atoms with Crippen molar-refractivity contribution < 1.29 is 13.9 Å². The standard InChI is InChI=1S/C20H23N3O3/c1-12-9-13(2)23(21-12)15-7-8-22(11-15)20(24)19-14(3)17-6-5-16(25-4)10-18(17)26-19/h5-6,9-10,15H,7-8,11H2,1-4H3. The minimum absolute atomic E-state index is 0.0540. The Morgan fingerprint density at radius 2 is 2.08 bits per heavy atom. The maximum atomic E-state index is 13.0. The summed E-state index contributed by atoms with van der Waals surface area (Å²) in [6.07, 6.45) is 0.904. The molecule has 0 N–H and O–H groups in total. The fraction of sp³-hybridized carbons (Fsp3) is 0.400. The van der Waals surface area contributed by atoms with Crippen LogP contribution in [-0.2, 0) is 0 Å². The lowest BCUT2D eigenvalue weighted by Crippen LogP contribution is -2.29. The monoisotopic (exact) mass is 353 g/mol. The van der Waals surface area contributed by atoms with Gasteiger partial charge in [-0.1, -0.05) is 0 Å². The van der Waals surface area contributed by atoms with E-state index in [1.54, 1.807) is 7.11 Å². The highest BCUT2D eigenvalue weighted by Crippen LogP contribution is 2.31. The van der Waals surface area contributed by atoms with Crippen molar-refractivity contribution in [2.45, 2.75) is 33.2 Å². The lowest BCUT2D eigenvalue weighted by Gasteiger charge is -2.16. The van der Waals surface area contributed by atoms with Crippen LogP contribution in [0.3, 0.4) is 0 Å². The molecule has 1 fully saturated rings. The molecule has 0 saturated carbocycles. The molecule has 1 aliphatic heterocycles. The number of carbonyl (C=O) groups is 1. The van der Waals surface area contributed by atoms with E-state index in [0.29, 0.717) is 24.4 Å². The van der Waals surface area contributed by atoms with Gasteiger partial charge >= 0.3 is 0 Å². The Hall–Kier alpha value is -2.76. The van der Waals surface area contributed by atoms with E-state index in [1.165, 1.54) is 0 Å². The van der Waals surface area contributed by atoms with E-state index >= 15 is 0 Å². The van der Waals surface area contributed by atoms with Crippen LogP contribution in [0.25, 0.3) is 11.0 Å². The lowest BCUT2D eigenvalue weighted by molar-refractivity contribution is 0.0756. The van der Waals surface area contributed by atoms with Crippen LogP contribution in [0.15, 0.2) is 28.7 Å². The average Bonchev–Trinajstić information content (AvgIpc) is 3.32. The summed E-state index contributed by atoms with van der Waals surface area (Å²) in [4.78, 5) is 14.9. The number of ether oxygens (including phenoxy) is 1. The summed E-state index contributed by atoms with van der Waals surface area (Å²) >= 11 is 0. The zero-order valence-corrected chi connectivity index (χ0v) is 15.6. The number of hydrogen-bond donors (Lipinski definition) is 0. The van der Waals surface area contributed by atoms with Crippen LogP contribution < -0.4 is 4.74 Å². The number of fused-ring (bicyclic) bond motifs is 1. The number of benzene rings is 1. The third-order valence-corrected chi connectivity index (χ3v) is 5.18. The number of furan rings is 1. The van der Waals surface area contributed by atoms with Gasteiger partial charge in [-0.2, -0.15) is 5.10 Å². The van der Waals surface area contributed by atoms with Crippen molar-refractivity contribution in [3.63, 3.8) is 0 Å². The van der Waals surface area contributed by atoms with Crippen LogP contribution in [0.2, 0.25) is 0 Å². The average molecular weight is 353 g/mol. The molecule has 1 amide bonds. The van der Waals surface area contributed by atoms with E-state index in [4.69, 9.17) is 9.15 Å². The highest BCUT2D eigenvalue weighted by molar-refractivity contribution is 5.99. The van der Waals surface area contributed by atoms with Crippen LogP contribution in [0.4, 0.5) is 0 Å². The van der Waals surface area contributed by atoms with Crippen molar-refractivity contribution in [3.8, 4) is 5.75 Å². The molecule has 0 bridgehead atoms. The maximum Gasteiger partial charge on any atom is 0.289 e. The number of aryl methyl sites for hydroxylation is 3. The summed E-state index contributed by atoms with van der Waals surface area (Å²) in [5, 5.41) is 5.52. The van der Waals surface area contributed by atoms with Gasteiger partial charge in [0.1, 0.15) is 11.3 Å². The molecule has 6 heteroatoms. The molecule has 0 spiro atoms. The molecule has 1 atom stereocenters. The highest BCUT2D eigenvalue weighted by Gasteiger charge is 2.32. The Morgan fingerprint density at radius 1 is 1.27 bits per heavy atom. The zero-order chi connectivity index (χ0) is 18.4. The molecule has 26 heavy (non-hydrogen) atoms. The number of amides is 1. The number of methoxy groups -OCH3 is 1. The second-order valence-electron chi connectivity index (χ2n) is 6.98. The fourth-order valence-electron chi connectivity index (χ4n) is 3.82. The van der Waals surface area contributed by atoms with Crippen molar-refractivity contribution >= 4 is 16.9 Å². The van der Waals surface area contributed by atoms with Gasteiger partial charge in [0.15, 0.2) is 5.76 Å². The van der Waals surface area contributed by atoms with E-state index in [1.807, 2.05) is 41.6 Å². The van der Waals surface area contributed by atoms with Crippen LogP contribution in [0.1, 0.15) is 40.0 Å². The number of rotatable bonds is 3. The molecule has 1 aromatic carbocycles. The van der Waals surface area contributed by atoms with E-state index in [2.05, 4.69) is 18.1 Å². The van der Waals surface area contributed by atoms with E-state index in [9.17, 15) is 4.79 Å². The topological polar surface area (TPSA) is 60.5 Å². The van der Waals surface area contributed by atoms with Crippen molar-refractivity contribution in [1.29, 1.82) is 0 Å². The third kappa shape index (κ3) is 2.66. The quantitative estimate of drug-likeness (QED) is 0.721. The predicted molar refractivity (Wildman–Crippen MR) is 98.8 cm³/mol. The fourth-order valence-corrected chi connectivity index (χ4v) is 3.82. The molecule has 3 aromatic rings. The second-order valence-corrected chi connectivity index (χ2v) is 6.98. The van der Waals surface area contributed by atoms with E-state index in [0.717, 1.165) is 34.5 Å². The molecule has 3 heterocycles. The molecule has 1 unspecified atom stereocenters. The Kier molecular flexibility index (Phi) is 3.98. The third-order valence-electron chi connectivity index (χ3n) is 5.18. The minimum Gasteiger partial charge on any atom is -0.497 e. The molecular weight excluding hydrogens is 330 g/mol. The van der Waals surface area contributed by atoms with Gasteiger partial charge in [-0.15, -0.1) is 0 Å². The first-order valence-electron chi connectivity index (χ1n) is 8.87. The molecule has 4 rings (SSSR count). The number of likely N-dealkylation sites (tertiary alicyclic amines) is 1. The van der Waals surface area contributed by atoms with Gasteiger partial charge in [-0.3, -0.25) is 9.48 Å². The number of carbonyl (C=O) groups excluding carboxylic acids is 1. The molecule has 6 nitrogen and oxygen atoms in total.